The van der Waals surface area contributed by atoms with Crippen LogP contribution in [-0.4, -0.2) is 79.8 Å². The number of thioether (sulfide) groups is 1. The monoisotopic (exact) mass is 400 g/mol. The van der Waals surface area contributed by atoms with Crippen molar-refractivity contribution in [1.29, 1.82) is 0 Å². The minimum absolute atomic E-state index is 0.0272. The van der Waals surface area contributed by atoms with Gasteiger partial charge in [0, 0.05) is 25.8 Å². The van der Waals surface area contributed by atoms with Gasteiger partial charge in [-0.25, -0.2) is 0 Å². The molecule has 0 aliphatic carbocycles. The van der Waals surface area contributed by atoms with Crippen LogP contribution in [0.15, 0.2) is 0 Å². The van der Waals surface area contributed by atoms with E-state index in [1.807, 2.05) is 0 Å². The molecule has 0 aliphatic heterocycles. The highest BCUT2D eigenvalue weighted by molar-refractivity contribution is 8.23. The summed E-state index contributed by atoms with van der Waals surface area (Å²) < 4.78 is 60.1. The van der Waals surface area contributed by atoms with Crippen LogP contribution in [0, 0.1) is 0 Å². The maximum absolute atomic E-state index is 12.4. The Bertz CT molecular complexity index is 389. The van der Waals surface area contributed by atoms with Crippen molar-refractivity contribution < 1.29 is 42.0 Å². The molecule has 0 aromatic carbocycles. The number of alkyl halides is 3. The van der Waals surface area contributed by atoms with Gasteiger partial charge in [0.2, 0.25) is 0 Å². The normalized spacial score (nSPS) is 16.1. The number of carbonyl (C=O) groups is 1. The molecule has 0 heterocycles. The van der Waals surface area contributed by atoms with E-state index in [4.69, 9.17) is 13.8 Å². The molecule has 0 bridgehead atoms. The average Bonchev–Trinajstić information content (AvgIpc) is 2.47. The van der Waals surface area contributed by atoms with Gasteiger partial charge in [-0.3, -0.25) is 19.2 Å². The first-order valence-corrected chi connectivity index (χ1v) is 9.64. The van der Waals surface area contributed by atoms with E-state index in [2.05, 4.69) is 5.32 Å². The SMILES string of the molecule is CSCC(O)NCCOC(=O)CCC(O)N(C)S(O)(O)C(F)(F)F. The molecule has 2 atom stereocenters. The molecule has 13 heteroatoms. The molecule has 8 nitrogen and oxygen atoms in total. The first-order chi connectivity index (χ1) is 10.9. The summed E-state index contributed by atoms with van der Waals surface area (Å²) in [5.74, 6) is -0.315. The second-order valence-corrected chi connectivity index (χ2v) is 7.66. The minimum atomic E-state index is -5.31. The minimum Gasteiger partial charge on any atom is -0.464 e. The zero-order valence-corrected chi connectivity index (χ0v) is 14.8. The maximum atomic E-state index is 12.4. The third-order valence-corrected chi connectivity index (χ3v) is 5.12. The van der Waals surface area contributed by atoms with E-state index in [9.17, 15) is 28.2 Å². The number of esters is 1. The fourth-order valence-corrected chi connectivity index (χ4v) is 2.65. The fourth-order valence-electron chi connectivity index (χ4n) is 1.44. The number of hydrogen-bond donors (Lipinski definition) is 5. The molecule has 0 spiro atoms. The van der Waals surface area contributed by atoms with E-state index < -0.39 is 47.6 Å². The molecule has 146 valence electrons. The van der Waals surface area contributed by atoms with Gasteiger partial charge in [-0.15, -0.1) is 0 Å². The van der Waals surface area contributed by atoms with Crippen molar-refractivity contribution in [2.24, 2.45) is 0 Å². The van der Waals surface area contributed by atoms with Crippen LogP contribution in [0.5, 0.6) is 0 Å². The van der Waals surface area contributed by atoms with Gasteiger partial charge in [-0.2, -0.15) is 29.2 Å². The summed E-state index contributed by atoms with van der Waals surface area (Å²) in [7, 11) is -4.48. The molecule has 2 unspecified atom stereocenters. The van der Waals surface area contributed by atoms with Gasteiger partial charge in [0.25, 0.3) is 0 Å². The van der Waals surface area contributed by atoms with Crippen LogP contribution < -0.4 is 5.32 Å². The number of halogens is 3. The van der Waals surface area contributed by atoms with Gasteiger partial charge in [0.1, 0.15) is 19.1 Å². The van der Waals surface area contributed by atoms with Crippen LogP contribution in [0.25, 0.3) is 0 Å². The van der Waals surface area contributed by atoms with Crippen LogP contribution in [0.2, 0.25) is 0 Å². The molecule has 5 N–H and O–H groups in total. The van der Waals surface area contributed by atoms with E-state index in [1.54, 1.807) is 6.26 Å². The van der Waals surface area contributed by atoms with Crippen LogP contribution in [0.3, 0.4) is 0 Å². The summed E-state index contributed by atoms with van der Waals surface area (Å²) >= 11 is 1.42. The van der Waals surface area contributed by atoms with E-state index in [0.717, 1.165) is 0 Å². The van der Waals surface area contributed by atoms with Crippen molar-refractivity contribution in [3.05, 3.63) is 0 Å². The van der Waals surface area contributed by atoms with Crippen molar-refractivity contribution in [2.75, 3.05) is 32.2 Å². The third-order valence-electron chi connectivity index (χ3n) is 2.81. The fraction of sp³-hybridized carbons (Fsp3) is 0.909. The highest BCUT2D eigenvalue weighted by Gasteiger charge is 2.50. The summed E-state index contributed by atoms with van der Waals surface area (Å²) in [6.07, 6.45) is -1.70. The molecule has 0 saturated carbocycles. The van der Waals surface area contributed by atoms with Gasteiger partial charge in [-0.1, -0.05) is 0 Å². The predicted octanol–water partition coefficient (Wildman–Crippen LogP) is 1.02. The van der Waals surface area contributed by atoms with Crippen molar-refractivity contribution in [3.8, 4) is 0 Å². The van der Waals surface area contributed by atoms with E-state index in [0.29, 0.717) is 12.8 Å². The highest BCUT2D eigenvalue weighted by Crippen LogP contribution is 2.58. The Balaban J connectivity index is 4.10. The third kappa shape index (κ3) is 8.20. The Morgan fingerprint density at radius 2 is 1.96 bits per heavy atom. The van der Waals surface area contributed by atoms with Crippen molar-refractivity contribution in [1.82, 2.24) is 9.62 Å². The molecular formula is C11H23F3N2O6S2. The zero-order valence-electron chi connectivity index (χ0n) is 13.2. The standard InChI is InChI=1S/C11H23F3N2O6S2/c1-16(24(20,21)11(12,13)14)9(18)3-4-10(19)22-6-5-15-8(17)7-23-2/h8-9,15,17-18,20-21H,3-7H2,1-2H3. The molecule has 24 heavy (non-hydrogen) atoms. The van der Waals surface area contributed by atoms with Gasteiger partial charge in [0.05, 0.1) is 0 Å². The number of nitrogens with zero attached hydrogens (tertiary/aromatic N) is 1. The zero-order chi connectivity index (χ0) is 19.0. The lowest BCUT2D eigenvalue weighted by atomic mass is 10.3. The van der Waals surface area contributed by atoms with Gasteiger partial charge in [0.15, 0.2) is 0 Å². The summed E-state index contributed by atoms with van der Waals surface area (Å²) in [5.41, 5.74) is -5.31. The van der Waals surface area contributed by atoms with E-state index in [-0.39, 0.29) is 17.5 Å². The number of aliphatic hydroxyl groups is 2. The summed E-state index contributed by atoms with van der Waals surface area (Å²) in [5, 5.41) is 21.6. The molecule has 0 aromatic rings. The Hall–Kier alpha value is -0.280. The Labute approximate surface area is 143 Å². The number of carbonyl (C=O) groups excluding carboxylic acids is 1. The largest absolute Gasteiger partial charge is 0.510 e. The second kappa shape index (κ2) is 10.7. The van der Waals surface area contributed by atoms with Crippen molar-refractivity contribution in [3.63, 3.8) is 0 Å². The molecule has 0 aromatic heterocycles. The lowest BCUT2D eigenvalue weighted by Crippen LogP contribution is -2.40. The Morgan fingerprint density at radius 3 is 2.46 bits per heavy atom. The molecule has 0 saturated heterocycles. The van der Waals surface area contributed by atoms with Crippen LogP contribution in [0.4, 0.5) is 13.2 Å². The summed E-state index contributed by atoms with van der Waals surface area (Å²) in [4.78, 5) is 11.4. The van der Waals surface area contributed by atoms with Crippen molar-refractivity contribution in [2.45, 2.75) is 30.8 Å². The second-order valence-electron chi connectivity index (χ2n) is 4.68. The van der Waals surface area contributed by atoms with E-state index in [1.165, 1.54) is 11.8 Å². The number of rotatable bonds is 11. The average molecular weight is 400 g/mol. The maximum Gasteiger partial charge on any atom is 0.510 e. The Morgan fingerprint density at radius 1 is 1.38 bits per heavy atom. The molecule has 0 rings (SSSR count). The summed E-state index contributed by atoms with van der Waals surface area (Å²) in [6, 6.07) is 0. The van der Waals surface area contributed by atoms with Gasteiger partial charge >= 0.3 is 11.5 Å². The van der Waals surface area contributed by atoms with Crippen LogP contribution in [0.1, 0.15) is 12.8 Å². The highest BCUT2D eigenvalue weighted by atomic mass is 32.3. The summed E-state index contributed by atoms with van der Waals surface area (Å²) in [6.45, 7) is 0.123. The lowest BCUT2D eigenvalue weighted by molar-refractivity contribution is -0.144. The lowest BCUT2D eigenvalue weighted by Gasteiger charge is -2.43. The number of ether oxygens (including phenoxy) is 1. The van der Waals surface area contributed by atoms with Gasteiger partial charge in [-0.05, 0) is 23.5 Å². The molecule has 0 amide bonds. The Kier molecular flexibility index (Phi) is 10.5. The molecule has 0 fully saturated rings. The number of nitrogens with one attached hydrogen (secondary N) is 1. The van der Waals surface area contributed by atoms with Crippen molar-refractivity contribution >= 4 is 28.5 Å². The van der Waals surface area contributed by atoms with Gasteiger partial charge < -0.3 is 14.9 Å². The molecular weight excluding hydrogens is 377 g/mol. The van der Waals surface area contributed by atoms with Crippen LogP contribution >= 0.6 is 22.5 Å². The topological polar surface area (TPSA) is 122 Å². The first kappa shape index (κ1) is 23.7. The van der Waals surface area contributed by atoms with Crippen LogP contribution in [-0.2, 0) is 9.53 Å². The molecule has 0 radical (unpaired) electrons. The first-order valence-electron chi connectivity index (χ1n) is 6.75. The molecule has 0 aliphatic rings. The smallest absolute Gasteiger partial charge is 0.464 e. The van der Waals surface area contributed by atoms with E-state index >= 15 is 0 Å². The quantitative estimate of drug-likeness (QED) is 0.196. The number of hydrogen-bond acceptors (Lipinski definition) is 9. The number of aliphatic hydroxyl groups excluding tert-OH is 2. The predicted molar refractivity (Wildman–Crippen MR) is 85.3 cm³/mol.